The molecule has 2 N–H and O–H groups in total. The van der Waals surface area contributed by atoms with Gasteiger partial charge in [0.05, 0.1) is 5.92 Å². The molecule has 2 unspecified atom stereocenters. The van der Waals surface area contributed by atoms with Gasteiger partial charge in [0.1, 0.15) is 0 Å². The van der Waals surface area contributed by atoms with Crippen molar-refractivity contribution >= 4 is 17.7 Å². The van der Waals surface area contributed by atoms with E-state index in [4.69, 9.17) is 5.11 Å². The number of carbonyl (C=O) groups is 1. The molecule has 1 heterocycles. The Labute approximate surface area is 117 Å². The van der Waals surface area contributed by atoms with Crippen LogP contribution in [-0.2, 0) is 4.79 Å². The van der Waals surface area contributed by atoms with Crippen LogP contribution < -0.4 is 5.32 Å². The second-order valence-electron chi connectivity index (χ2n) is 5.37. The third-order valence-corrected chi connectivity index (χ3v) is 5.16. The molecule has 1 amide bonds. The van der Waals surface area contributed by atoms with Crippen molar-refractivity contribution in [2.75, 3.05) is 12.4 Å². The summed E-state index contributed by atoms with van der Waals surface area (Å²) < 4.78 is 0. The first kappa shape index (κ1) is 13.0. The van der Waals surface area contributed by atoms with Crippen LogP contribution in [0.25, 0.3) is 0 Å². The Bertz CT molecular complexity index is 473. The molecule has 0 radical (unpaired) electrons. The summed E-state index contributed by atoms with van der Waals surface area (Å²) in [4.78, 5) is 13.6. The van der Waals surface area contributed by atoms with E-state index in [0.717, 1.165) is 11.3 Å². The third kappa shape index (κ3) is 2.79. The summed E-state index contributed by atoms with van der Waals surface area (Å²) in [7, 11) is 0. The summed E-state index contributed by atoms with van der Waals surface area (Å²) in [6, 6.07) is 8.31. The van der Waals surface area contributed by atoms with Gasteiger partial charge in [-0.25, -0.2) is 0 Å². The number of thioether (sulfide) groups is 1. The third-order valence-electron chi connectivity index (χ3n) is 3.98. The quantitative estimate of drug-likeness (QED) is 0.867. The maximum atomic E-state index is 12.4. The lowest BCUT2D eigenvalue weighted by Crippen LogP contribution is -2.40. The van der Waals surface area contributed by atoms with Gasteiger partial charge in [-0.2, -0.15) is 0 Å². The Balaban J connectivity index is 1.67. The molecule has 0 spiro atoms. The zero-order valence-corrected chi connectivity index (χ0v) is 11.7. The van der Waals surface area contributed by atoms with E-state index in [-0.39, 0.29) is 24.5 Å². The lowest BCUT2D eigenvalue weighted by Gasteiger charge is -2.20. The Morgan fingerprint density at radius 2 is 2.21 bits per heavy atom. The normalized spacial score (nSPS) is 22.9. The standard InChI is InChI=1S/C15H19NO2S/c17-8-7-13(10-5-6-10)16-15(18)12-9-19-14-4-2-1-3-11(12)14/h1-4,10,12-13,17H,5-9H2,(H,16,18). The molecule has 1 aliphatic carbocycles. The van der Waals surface area contributed by atoms with E-state index in [0.29, 0.717) is 12.3 Å². The monoisotopic (exact) mass is 277 g/mol. The topological polar surface area (TPSA) is 49.3 Å². The second-order valence-corrected chi connectivity index (χ2v) is 6.43. The predicted molar refractivity (Wildman–Crippen MR) is 76.3 cm³/mol. The molecule has 1 aromatic carbocycles. The van der Waals surface area contributed by atoms with Gasteiger partial charge in [-0.15, -0.1) is 11.8 Å². The van der Waals surface area contributed by atoms with Crippen molar-refractivity contribution in [1.82, 2.24) is 5.32 Å². The summed E-state index contributed by atoms with van der Waals surface area (Å²) in [5, 5.41) is 12.2. The van der Waals surface area contributed by atoms with Crippen LogP contribution in [0.5, 0.6) is 0 Å². The lowest BCUT2D eigenvalue weighted by molar-refractivity contribution is -0.123. The highest BCUT2D eigenvalue weighted by Crippen LogP contribution is 2.40. The number of hydrogen-bond acceptors (Lipinski definition) is 3. The highest BCUT2D eigenvalue weighted by Gasteiger charge is 2.35. The van der Waals surface area contributed by atoms with Gasteiger partial charge in [0.25, 0.3) is 0 Å². The summed E-state index contributed by atoms with van der Waals surface area (Å²) in [5.41, 5.74) is 1.16. The van der Waals surface area contributed by atoms with Crippen LogP contribution in [0, 0.1) is 5.92 Å². The van der Waals surface area contributed by atoms with E-state index < -0.39 is 0 Å². The molecular weight excluding hydrogens is 258 g/mol. The fraction of sp³-hybridized carbons (Fsp3) is 0.533. The highest BCUT2D eigenvalue weighted by atomic mass is 32.2. The summed E-state index contributed by atoms with van der Waals surface area (Å²) in [6.07, 6.45) is 3.04. The van der Waals surface area contributed by atoms with Crippen LogP contribution in [0.1, 0.15) is 30.7 Å². The van der Waals surface area contributed by atoms with Crippen molar-refractivity contribution in [3.63, 3.8) is 0 Å². The molecule has 0 bridgehead atoms. The molecule has 3 rings (SSSR count). The van der Waals surface area contributed by atoms with Gasteiger partial charge in [0, 0.05) is 23.3 Å². The summed E-state index contributed by atoms with van der Waals surface area (Å²) in [6.45, 7) is 0.150. The summed E-state index contributed by atoms with van der Waals surface area (Å²) in [5.74, 6) is 1.52. The van der Waals surface area contributed by atoms with Gasteiger partial charge in [-0.1, -0.05) is 18.2 Å². The van der Waals surface area contributed by atoms with Gasteiger partial charge in [0.15, 0.2) is 0 Å². The Hall–Kier alpha value is -1.00. The second kappa shape index (κ2) is 5.55. The molecule has 1 saturated carbocycles. The molecule has 3 nitrogen and oxygen atoms in total. The average molecular weight is 277 g/mol. The van der Waals surface area contributed by atoms with Crippen molar-refractivity contribution in [2.45, 2.75) is 36.1 Å². The lowest BCUT2D eigenvalue weighted by atomic mass is 9.99. The Morgan fingerprint density at radius 3 is 2.95 bits per heavy atom. The number of benzene rings is 1. The van der Waals surface area contributed by atoms with E-state index in [1.54, 1.807) is 11.8 Å². The highest BCUT2D eigenvalue weighted by molar-refractivity contribution is 7.99. The fourth-order valence-corrected chi connectivity index (χ4v) is 3.96. The number of carbonyl (C=O) groups excluding carboxylic acids is 1. The molecule has 19 heavy (non-hydrogen) atoms. The maximum Gasteiger partial charge on any atom is 0.228 e. The number of hydrogen-bond donors (Lipinski definition) is 2. The van der Waals surface area contributed by atoms with Gasteiger partial charge in [0.2, 0.25) is 5.91 Å². The minimum absolute atomic E-state index is 0.0267. The minimum atomic E-state index is -0.0267. The van der Waals surface area contributed by atoms with Crippen LogP contribution in [0.2, 0.25) is 0 Å². The largest absolute Gasteiger partial charge is 0.396 e. The van der Waals surface area contributed by atoms with Crippen LogP contribution in [0.4, 0.5) is 0 Å². The molecule has 1 aromatic rings. The van der Waals surface area contributed by atoms with E-state index in [9.17, 15) is 4.79 Å². The first-order valence-corrected chi connectivity index (χ1v) is 7.91. The number of fused-ring (bicyclic) bond motifs is 1. The fourth-order valence-electron chi connectivity index (χ4n) is 2.73. The molecule has 1 fully saturated rings. The molecule has 2 atom stereocenters. The van der Waals surface area contributed by atoms with Crippen molar-refractivity contribution in [3.8, 4) is 0 Å². The Kier molecular flexibility index (Phi) is 3.80. The number of aliphatic hydroxyl groups is 1. The number of aliphatic hydroxyl groups excluding tert-OH is 1. The van der Waals surface area contributed by atoms with Crippen molar-refractivity contribution < 1.29 is 9.90 Å². The number of rotatable bonds is 5. The van der Waals surface area contributed by atoms with Crippen LogP contribution in [-0.4, -0.2) is 29.4 Å². The molecule has 0 saturated heterocycles. The van der Waals surface area contributed by atoms with Gasteiger partial charge >= 0.3 is 0 Å². The van der Waals surface area contributed by atoms with E-state index in [1.165, 1.54) is 17.7 Å². The predicted octanol–water partition coefficient (Wildman–Crippen LogP) is 2.15. The average Bonchev–Trinajstić information content (AvgIpc) is 3.17. The first-order chi connectivity index (χ1) is 9.29. The van der Waals surface area contributed by atoms with Crippen molar-refractivity contribution in [3.05, 3.63) is 29.8 Å². The van der Waals surface area contributed by atoms with Crippen molar-refractivity contribution in [2.24, 2.45) is 5.92 Å². The van der Waals surface area contributed by atoms with Gasteiger partial charge in [-0.3, -0.25) is 4.79 Å². The van der Waals surface area contributed by atoms with Crippen LogP contribution in [0.3, 0.4) is 0 Å². The van der Waals surface area contributed by atoms with Gasteiger partial charge in [-0.05, 0) is 36.8 Å². The van der Waals surface area contributed by atoms with Crippen molar-refractivity contribution in [1.29, 1.82) is 0 Å². The Morgan fingerprint density at radius 1 is 1.42 bits per heavy atom. The molecule has 0 aromatic heterocycles. The first-order valence-electron chi connectivity index (χ1n) is 6.92. The molecule has 2 aliphatic rings. The number of nitrogens with one attached hydrogen (secondary N) is 1. The van der Waals surface area contributed by atoms with E-state index >= 15 is 0 Å². The molecular formula is C15H19NO2S. The van der Waals surface area contributed by atoms with E-state index in [1.807, 2.05) is 12.1 Å². The number of amides is 1. The molecule has 102 valence electrons. The minimum Gasteiger partial charge on any atom is -0.396 e. The zero-order chi connectivity index (χ0) is 13.2. The van der Waals surface area contributed by atoms with Crippen LogP contribution >= 0.6 is 11.8 Å². The SMILES string of the molecule is O=C(NC(CCO)C1CC1)C1CSc2ccccc21. The smallest absolute Gasteiger partial charge is 0.228 e. The van der Waals surface area contributed by atoms with E-state index in [2.05, 4.69) is 17.4 Å². The molecule has 1 aliphatic heterocycles. The van der Waals surface area contributed by atoms with Gasteiger partial charge < -0.3 is 10.4 Å². The summed E-state index contributed by atoms with van der Waals surface area (Å²) >= 11 is 1.76. The maximum absolute atomic E-state index is 12.4. The molecule has 4 heteroatoms. The van der Waals surface area contributed by atoms with Crippen LogP contribution in [0.15, 0.2) is 29.2 Å². The zero-order valence-electron chi connectivity index (χ0n) is 10.8.